The van der Waals surface area contributed by atoms with Gasteiger partial charge in [-0.3, -0.25) is 14.9 Å². The van der Waals surface area contributed by atoms with Crippen LogP contribution in [-0.4, -0.2) is 22.9 Å². The molecular formula is C32H29N3O4. The minimum Gasteiger partial charge on any atom is -0.477 e. The van der Waals surface area contributed by atoms with Gasteiger partial charge in [0.15, 0.2) is 6.10 Å². The van der Waals surface area contributed by atoms with Crippen molar-refractivity contribution in [1.82, 2.24) is 0 Å². The second-order valence-electron chi connectivity index (χ2n) is 10.8. The maximum atomic E-state index is 14.8. The van der Waals surface area contributed by atoms with Crippen LogP contribution in [0.1, 0.15) is 59.6 Å². The van der Waals surface area contributed by atoms with Gasteiger partial charge in [-0.2, -0.15) is 5.26 Å². The second-order valence-corrected chi connectivity index (χ2v) is 10.8. The first-order chi connectivity index (χ1) is 18.8. The van der Waals surface area contributed by atoms with Crippen LogP contribution in [0.25, 0.3) is 0 Å². The summed E-state index contributed by atoms with van der Waals surface area (Å²) in [7, 11) is 0. The van der Waals surface area contributed by atoms with Gasteiger partial charge in [0.05, 0.1) is 17.6 Å². The van der Waals surface area contributed by atoms with Crippen LogP contribution < -0.4 is 9.64 Å². The number of hydrogen-bond acceptors (Lipinski definition) is 5. The smallest absolute Gasteiger partial charge is 0.290 e. The lowest BCUT2D eigenvalue weighted by atomic mass is 9.60. The average molecular weight is 520 g/mol. The number of nitrogens with zero attached hydrogens (tertiary/aromatic N) is 3. The van der Waals surface area contributed by atoms with Crippen molar-refractivity contribution in [3.8, 4) is 11.8 Å². The molecule has 4 atom stereocenters. The summed E-state index contributed by atoms with van der Waals surface area (Å²) in [6.45, 7) is 6.42. The van der Waals surface area contributed by atoms with Crippen LogP contribution in [0, 0.1) is 35.3 Å². The number of aryl methyl sites for hydroxylation is 2. The molecule has 196 valence electrons. The van der Waals surface area contributed by atoms with Crippen molar-refractivity contribution in [3.63, 3.8) is 0 Å². The highest BCUT2D eigenvalue weighted by molar-refractivity contribution is 6.13. The number of benzene rings is 3. The third kappa shape index (κ3) is 3.18. The highest BCUT2D eigenvalue weighted by atomic mass is 16.6. The Labute approximate surface area is 227 Å². The standard InChI is InChI=1S/C32H29N3O4/c1-4-5-16-34-26-15-12-21(3)17-25(26)32(30(34)36)23(19-33)18-31(35(37)38)28(32)24-8-6-7-9-27(24)39-29(31)22-13-10-20(2)11-14-22/h6-15,17-18,28-29H,4-5,16H2,1-3H3. The SMILES string of the molecule is CCCCN1C(=O)C2(C(C#N)=CC3([N+](=O)[O-])C(c4ccc(C)cc4)Oc4ccccc4C23)c2cc(C)ccc21. The lowest BCUT2D eigenvalue weighted by Gasteiger charge is -2.44. The third-order valence-corrected chi connectivity index (χ3v) is 8.59. The maximum Gasteiger partial charge on any atom is 0.290 e. The number of hydrogen-bond donors (Lipinski definition) is 0. The van der Waals surface area contributed by atoms with Crippen LogP contribution >= 0.6 is 0 Å². The van der Waals surface area contributed by atoms with E-state index in [2.05, 4.69) is 13.0 Å². The first-order valence-electron chi connectivity index (χ1n) is 13.3. The summed E-state index contributed by atoms with van der Waals surface area (Å²) in [5.41, 5.74) is 1.19. The first kappa shape index (κ1) is 24.9. The maximum absolute atomic E-state index is 14.8. The summed E-state index contributed by atoms with van der Waals surface area (Å²) >= 11 is 0. The normalized spacial score (nSPS) is 26.4. The zero-order valence-corrected chi connectivity index (χ0v) is 22.2. The summed E-state index contributed by atoms with van der Waals surface area (Å²) in [6.07, 6.45) is 2.05. The molecular weight excluding hydrogens is 490 g/mol. The van der Waals surface area contributed by atoms with Crippen molar-refractivity contribution >= 4 is 11.6 Å². The molecule has 3 aromatic rings. The minimum atomic E-state index is -1.88. The van der Waals surface area contributed by atoms with E-state index in [0.717, 1.165) is 29.7 Å². The number of rotatable bonds is 5. The number of fused-ring (bicyclic) bond motifs is 6. The van der Waals surface area contributed by atoms with Crippen LogP contribution in [0.15, 0.2) is 78.4 Å². The van der Waals surface area contributed by atoms with Crippen LogP contribution in [0.5, 0.6) is 5.75 Å². The predicted molar refractivity (Wildman–Crippen MR) is 147 cm³/mol. The lowest BCUT2D eigenvalue weighted by Crippen LogP contribution is -2.57. The molecule has 3 aromatic carbocycles. The van der Waals surface area contributed by atoms with Crippen molar-refractivity contribution < 1.29 is 14.5 Å². The molecule has 7 heteroatoms. The van der Waals surface area contributed by atoms with Gasteiger partial charge in [0.1, 0.15) is 11.2 Å². The third-order valence-electron chi connectivity index (χ3n) is 8.59. The van der Waals surface area contributed by atoms with E-state index in [0.29, 0.717) is 29.0 Å². The molecule has 1 amide bonds. The summed E-state index contributed by atoms with van der Waals surface area (Å²) in [6, 6.07) is 22.8. The molecule has 2 heterocycles. The molecule has 0 aromatic heterocycles. The highest BCUT2D eigenvalue weighted by Gasteiger charge is 2.77. The van der Waals surface area contributed by atoms with Gasteiger partial charge in [-0.25, -0.2) is 0 Å². The van der Waals surface area contributed by atoms with Gasteiger partial charge >= 0.3 is 0 Å². The Morgan fingerprint density at radius 1 is 1.08 bits per heavy atom. The fraction of sp³-hybridized carbons (Fsp3) is 0.312. The molecule has 0 saturated carbocycles. The van der Waals surface area contributed by atoms with Gasteiger partial charge in [-0.1, -0.05) is 79.1 Å². The number of para-hydroxylation sites is 1. The van der Waals surface area contributed by atoms with Gasteiger partial charge in [0.25, 0.3) is 5.54 Å². The quantitative estimate of drug-likeness (QED) is 0.300. The lowest BCUT2D eigenvalue weighted by molar-refractivity contribution is -0.574. The average Bonchev–Trinajstić information content (AvgIpc) is 3.38. The first-order valence-corrected chi connectivity index (χ1v) is 13.3. The second kappa shape index (κ2) is 8.81. The van der Waals surface area contributed by atoms with Gasteiger partial charge in [-0.05, 0) is 38.0 Å². The molecule has 0 N–H and O–H groups in total. The van der Waals surface area contributed by atoms with E-state index in [1.165, 1.54) is 6.08 Å². The van der Waals surface area contributed by atoms with Crippen LogP contribution in [0.2, 0.25) is 0 Å². The molecule has 0 fully saturated rings. The van der Waals surface area contributed by atoms with Crippen molar-refractivity contribution in [1.29, 1.82) is 5.26 Å². The highest BCUT2D eigenvalue weighted by Crippen LogP contribution is 2.67. The Morgan fingerprint density at radius 2 is 1.79 bits per heavy atom. The van der Waals surface area contributed by atoms with Crippen LogP contribution in [0.3, 0.4) is 0 Å². The molecule has 0 bridgehead atoms. The molecule has 0 saturated heterocycles. The fourth-order valence-electron chi connectivity index (χ4n) is 6.85. The number of nitriles is 1. The van der Waals surface area contributed by atoms with Crippen molar-refractivity contribution in [2.24, 2.45) is 0 Å². The van der Waals surface area contributed by atoms with Gasteiger partial charge in [0.2, 0.25) is 5.91 Å². The number of anilines is 1. The molecule has 2 aliphatic heterocycles. The molecule has 6 rings (SSSR count). The minimum absolute atomic E-state index is 0.109. The Kier molecular flexibility index (Phi) is 5.62. The van der Waals surface area contributed by atoms with E-state index in [1.807, 2.05) is 68.4 Å². The molecule has 1 spiro atoms. The summed E-state index contributed by atoms with van der Waals surface area (Å²) in [4.78, 5) is 29.6. The van der Waals surface area contributed by atoms with Crippen LogP contribution in [0.4, 0.5) is 5.69 Å². The van der Waals surface area contributed by atoms with E-state index in [1.54, 1.807) is 17.0 Å². The molecule has 1 aliphatic carbocycles. The van der Waals surface area contributed by atoms with Gasteiger partial charge < -0.3 is 9.64 Å². The number of ether oxygens (including phenoxy) is 1. The Bertz CT molecular complexity index is 1590. The van der Waals surface area contributed by atoms with Crippen molar-refractivity contribution in [2.45, 2.75) is 56.6 Å². The summed E-state index contributed by atoms with van der Waals surface area (Å²) in [5.74, 6) is -0.769. The summed E-state index contributed by atoms with van der Waals surface area (Å²) < 4.78 is 6.45. The van der Waals surface area contributed by atoms with Crippen molar-refractivity contribution in [3.05, 3.63) is 116 Å². The Hall–Kier alpha value is -4.44. The Balaban J connectivity index is 1.71. The number of unbranched alkanes of at least 4 members (excludes halogenated alkanes) is 1. The topological polar surface area (TPSA) is 96.5 Å². The number of carbonyl (C=O) groups excluding carboxylic acids is 1. The predicted octanol–water partition coefficient (Wildman–Crippen LogP) is 6.08. The monoisotopic (exact) mass is 519 g/mol. The van der Waals surface area contributed by atoms with E-state index in [-0.39, 0.29) is 16.4 Å². The van der Waals surface area contributed by atoms with Crippen molar-refractivity contribution in [2.75, 3.05) is 11.4 Å². The van der Waals surface area contributed by atoms with Gasteiger partial charge in [-0.15, -0.1) is 0 Å². The van der Waals surface area contributed by atoms with E-state index < -0.39 is 23.0 Å². The molecule has 3 aliphatic rings. The Morgan fingerprint density at radius 3 is 2.49 bits per heavy atom. The van der Waals surface area contributed by atoms with E-state index >= 15 is 0 Å². The van der Waals surface area contributed by atoms with Gasteiger partial charge in [0, 0.05) is 34.4 Å². The largest absolute Gasteiger partial charge is 0.477 e. The van der Waals surface area contributed by atoms with Crippen LogP contribution in [-0.2, 0) is 10.2 Å². The molecule has 4 unspecified atom stereocenters. The van der Waals surface area contributed by atoms with E-state index in [4.69, 9.17) is 4.74 Å². The molecule has 39 heavy (non-hydrogen) atoms. The number of nitro groups is 1. The fourth-order valence-corrected chi connectivity index (χ4v) is 6.85. The number of amides is 1. The number of carbonyl (C=O) groups is 1. The molecule has 7 nitrogen and oxygen atoms in total. The zero-order chi connectivity index (χ0) is 27.5. The summed E-state index contributed by atoms with van der Waals surface area (Å²) in [5, 5.41) is 24.0. The van der Waals surface area contributed by atoms with E-state index in [9.17, 15) is 20.2 Å². The zero-order valence-electron chi connectivity index (χ0n) is 22.2. The molecule has 0 radical (unpaired) electrons.